The molecule has 4 heteroatoms. The number of hydrogen-bond acceptors (Lipinski definition) is 3. The first kappa shape index (κ1) is 12.6. The van der Waals surface area contributed by atoms with Crippen LogP contribution in [0.1, 0.15) is 0 Å². The average molecular weight is 287 g/mol. The van der Waals surface area contributed by atoms with Crippen LogP contribution in [0.2, 0.25) is 0 Å². The Kier molecular flexibility index (Phi) is 2.86. The van der Waals surface area contributed by atoms with Gasteiger partial charge < -0.3 is 5.11 Å². The van der Waals surface area contributed by atoms with E-state index >= 15 is 0 Å². The number of aromatic hydroxyl groups is 1. The minimum absolute atomic E-state index is 0.204. The van der Waals surface area contributed by atoms with Gasteiger partial charge in [0.1, 0.15) is 11.3 Å². The van der Waals surface area contributed by atoms with Gasteiger partial charge in [-0.1, -0.05) is 30.3 Å². The Morgan fingerprint density at radius 1 is 0.818 bits per heavy atom. The van der Waals surface area contributed by atoms with E-state index in [1.807, 2.05) is 59.2 Å². The molecule has 0 unspecified atom stereocenters. The normalized spacial score (nSPS) is 10.9. The summed E-state index contributed by atoms with van der Waals surface area (Å²) in [6.07, 6.45) is 1.75. The molecule has 0 fully saturated rings. The lowest BCUT2D eigenvalue weighted by atomic mass is 10.2. The van der Waals surface area contributed by atoms with Crippen molar-refractivity contribution in [1.82, 2.24) is 14.5 Å². The molecule has 0 saturated carbocycles. The number of fused-ring (bicyclic) bond motifs is 1. The molecule has 2 heterocycles. The molecule has 2 aromatic carbocycles. The molecule has 0 aliphatic heterocycles. The molecule has 0 spiro atoms. The Balaban J connectivity index is 2.09. The molecule has 0 saturated heterocycles. The number of para-hydroxylation sites is 2. The summed E-state index contributed by atoms with van der Waals surface area (Å²) in [5.74, 6) is 0.882. The van der Waals surface area contributed by atoms with Crippen molar-refractivity contribution in [2.24, 2.45) is 0 Å². The quantitative estimate of drug-likeness (QED) is 0.610. The lowest BCUT2D eigenvalue weighted by Gasteiger charge is -2.09. The number of benzene rings is 2. The third-order valence-corrected chi connectivity index (χ3v) is 3.58. The molecule has 22 heavy (non-hydrogen) atoms. The van der Waals surface area contributed by atoms with Gasteiger partial charge in [-0.05, 0) is 36.4 Å². The third-order valence-electron chi connectivity index (χ3n) is 3.58. The van der Waals surface area contributed by atoms with Crippen LogP contribution >= 0.6 is 0 Å². The number of rotatable bonds is 2. The second-order valence-corrected chi connectivity index (χ2v) is 4.97. The zero-order chi connectivity index (χ0) is 14.9. The highest BCUT2D eigenvalue weighted by Gasteiger charge is 2.16. The highest BCUT2D eigenvalue weighted by Crippen LogP contribution is 2.32. The van der Waals surface area contributed by atoms with E-state index in [4.69, 9.17) is 0 Å². The zero-order valence-corrected chi connectivity index (χ0v) is 11.7. The molecule has 0 amide bonds. The molecule has 106 valence electrons. The maximum atomic E-state index is 10.2. The van der Waals surface area contributed by atoms with Crippen molar-refractivity contribution in [3.63, 3.8) is 0 Å². The van der Waals surface area contributed by atoms with Crippen LogP contribution in [0.4, 0.5) is 0 Å². The van der Waals surface area contributed by atoms with E-state index in [0.717, 1.165) is 16.9 Å². The number of hydrogen-bond donors (Lipinski definition) is 1. The number of aromatic nitrogens is 3. The van der Waals surface area contributed by atoms with Crippen molar-refractivity contribution in [2.75, 3.05) is 0 Å². The van der Waals surface area contributed by atoms with Gasteiger partial charge in [-0.2, -0.15) is 0 Å². The monoisotopic (exact) mass is 287 g/mol. The van der Waals surface area contributed by atoms with E-state index in [1.165, 1.54) is 0 Å². The van der Waals surface area contributed by atoms with E-state index in [2.05, 4.69) is 9.97 Å². The first-order valence-corrected chi connectivity index (χ1v) is 7.02. The number of imidazole rings is 1. The van der Waals surface area contributed by atoms with Crippen molar-refractivity contribution in [3.05, 3.63) is 72.9 Å². The molecule has 0 aliphatic carbocycles. The standard InChI is InChI=1S/C18H13N3O/c22-16-11-5-4-9-14(16)17-20-15-10-6-12-19-18(15)21(17)13-7-2-1-3-8-13/h1-12,22H. The van der Waals surface area contributed by atoms with Crippen LogP contribution in [0, 0.1) is 0 Å². The van der Waals surface area contributed by atoms with Crippen LogP contribution < -0.4 is 0 Å². The van der Waals surface area contributed by atoms with E-state index in [-0.39, 0.29) is 5.75 Å². The van der Waals surface area contributed by atoms with Gasteiger partial charge >= 0.3 is 0 Å². The predicted molar refractivity (Wildman–Crippen MR) is 86.0 cm³/mol. The topological polar surface area (TPSA) is 50.9 Å². The van der Waals surface area contributed by atoms with Gasteiger partial charge in [0.25, 0.3) is 0 Å². The van der Waals surface area contributed by atoms with Gasteiger partial charge in [0, 0.05) is 11.9 Å². The SMILES string of the molecule is Oc1ccccc1-c1nc2cccnc2n1-c1ccccc1. The molecule has 2 aromatic heterocycles. The molecule has 4 rings (SSSR count). The summed E-state index contributed by atoms with van der Waals surface area (Å²) in [6.45, 7) is 0. The fourth-order valence-corrected chi connectivity index (χ4v) is 2.58. The van der Waals surface area contributed by atoms with Crippen LogP contribution in [0.15, 0.2) is 72.9 Å². The van der Waals surface area contributed by atoms with Gasteiger partial charge in [0.2, 0.25) is 0 Å². The molecular formula is C18H13N3O. The lowest BCUT2D eigenvalue weighted by molar-refractivity contribution is 0.477. The van der Waals surface area contributed by atoms with Crippen molar-refractivity contribution in [2.45, 2.75) is 0 Å². The summed E-state index contributed by atoms with van der Waals surface area (Å²) < 4.78 is 1.96. The zero-order valence-electron chi connectivity index (χ0n) is 11.7. The van der Waals surface area contributed by atoms with Gasteiger partial charge in [0.05, 0.1) is 5.56 Å². The first-order chi connectivity index (χ1) is 10.8. The minimum Gasteiger partial charge on any atom is -0.507 e. The fraction of sp³-hybridized carbons (Fsp3) is 0. The molecule has 4 aromatic rings. The summed E-state index contributed by atoms with van der Waals surface area (Å²) in [7, 11) is 0. The predicted octanol–water partition coefficient (Wildman–Crippen LogP) is 3.79. The third kappa shape index (κ3) is 1.93. The summed E-state index contributed by atoms with van der Waals surface area (Å²) in [6, 6.07) is 20.9. The Bertz CT molecular complexity index is 945. The van der Waals surface area contributed by atoms with Crippen molar-refractivity contribution in [1.29, 1.82) is 0 Å². The first-order valence-electron chi connectivity index (χ1n) is 7.02. The summed E-state index contributed by atoms with van der Waals surface area (Å²) in [5.41, 5.74) is 3.21. The maximum Gasteiger partial charge on any atom is 0.164 e. The van der Waals surface area contributed by atoms with Crippen LogP contribution in [0.3, 0.4) is 0 Å². The number of phenolic OH excluding ortho intramolecular Hbond substituents is 1. The number of pyridine rings is 1. The van der Waals surface area contributed by atoms with Crippen LogP contribution in [-0.4, -0.2) is 19.6 Å². The average Bonchev–Trinajstić information content (AvgIpc) is 2.95. The Hall–Kier alpha value is -3.14. The van der Waals surface area contributed by atoms with Crippen LogP contribution in [0.5, 0.6) is 5.75 Å². The van der Waals surface area contributed by atoms with E-state index in [9.17, 15) is 5.11 Å². The van der Waals surface area contributed by atoms with Gasteiger partial charge in [-0.25, -0.2) is 9.97 Å². The molecule has 0 aliphatic rings. The number of phenols is 1. The summed E-state index contributed by atoms with van der Waals surface area (Å²) in [4.78, 5) is 9.11. The van der Waals surface area contributed by atoms with E-state index < -0.39 is 0 Å². The van der Waals surface area contributed by atoms with Gasteiger partial charge in [0.15, 0.2) is 11.5 Å². The number of nitrogens with zero attached hydrogens (tertiary/aromatic N) is 3. The highest BCUT2D eigenvalue weighted by molar-refractivity contribution is 5.81. The summed E-state index contributed by atoms with van der Waals surface area (Å²) >= 11 is 0. The Labute approximate surface area is 127 Å². The van der Waals surface area contributed by atoms with Crippen LogP contribution in [0.25, 0.3) is 28.2 Å². The summed E-state index contributed by atoms with van der Waals surface area (Å²) in [5, 5.41) is 10.2. The molecular weight excluding hydrogens is 274 g/mol. The molecule has 1 N–H and O–H groups in total. The van der Waals surface area contributed by atoms with E-state index in [1.54, 1.807) is 18.3 Å². The Morgan fingerprint density at radius 3 is 2.41 bits per heavy atom. The smallest absolute Gasteiger partial charge is 0.164 e. The molecule has 0 radical (unpaired) electrons. The largest absolute Gasteiger partial charge is 0.507 e. The molecule has 4 nitrogen and oxygen atoms in total. The van der Waals surface area contributed by atoms with Gasteiger partial charge in [-0.3, -0.25) is 4.57 Å². The minimum atomic E-state index is 0.204. The van der Waals surface area contributed by atoms with Crippen LogP contribution in [-0.2, 0) is 0 Å². The van der Waals surface area contributed by atoms with Crippen molar-refractivity contribution in [3.8, 4) is 22.8 Å². The highest BCUT2D eigenvalue weighted by atomic mass is 16.3. The fourth-order valence-electron chi connectivity index (χ4n) is 2.58. The van der Waals surface area contributed by atoms with Crippen molar-refractivity contribution >= 4 is 11.2 Å². The molecule has 0 atom stereocenters. The second-order valence-electron chi connectivity index (χ2n) is 4.97. The van der Waals surface area contributed by atoms with Gasteiger partial charge in [-0.15, -0.1) is 0 Å². The lowest BCUT2D eigenvalue weighted by Crippen LogP contribution is -1.98. The maximum absolute atomic E-state index is 10.2. The Morgan fingerprint density at radius 2 is 1.59 bits per heavy atom. The molecule has 0 bridgehead atoms. The van der Waals surface area contributed by atoms with E-state index in [0.29, 0.717) is 11.4 Å². The van der Waals surface area contributed by atoms with Crippen molar-refractivity contribution < 1.29 is 5.11 Å². The second kappa shape index (κ2) is 5.00.